The summed E-state index contributed by atoms with van der Waals surface area (Å²) in [7, 11) is 1.61. The van der Waals surface area contributed by atoms with Gasteiger partial charge in [0.25, 0.3) is 0 Å². The van der Waals surface area contributed by atoms with Gasteiger partial charge in [-0.2, -0.15) is 0 Å². The smallest absolute Gasteiger partial charge is 0.242 e. The first-order valence-electron chi connectivity index (χ1n) is 9.71. The van der Waals surface area contributed by atoms with Crippen molar-refractivity contribution in [3.05, 3.63) is 65.7 Å². The molecule has 0 saturated heterocycles. The monoisotopic (exact) mass is 382 g/mol. The van der Waals surface area contributed by atoms with Crippen LogP contribution in [0.25, 0.3) is 0 Å². The molecule has 0 radical (unpaired) electrons. The number of methoxy groups -OCH3 is 1. The summed E-state index contributed by atoms with van der Waals surface area (Å²) in [4.78, 5) is 27.4. The maximum atomic E-state index is 13.1. The van der Waals surface area contributed by atoms with Gasteiger partial charge in [-0.3, -0.25) is 9.59 Å². The summed E-state index contributed by atoms with van der Waals surface area (Å²) in [5.41, 5.74) is 1.88. The van der Waals surface area contributed by atoms with Crippen LogP contribution in [-0.2, 0) is 22.6 Å². The Hall–Kier alpha value is -2.82. The molecule has 1 N–H and O–H groups in total. The van der Waals surface area contributed by atoms with E-state index in [0.717, 1.165) is 23.3 Å². The van der Waals surface area contributed by atoms with Crippen LogP contribution >= 0.6 is 0 Å². The minimum atomic E-state index is -0.556. The lowest BCUT2D eigenvalue weighted by molar-refractivity contribution is -0.140. The van der Waals surface area contributed by atoms with Crippen molar-refractivity contribution < 1.29 is 14.3 Å². The average Bonchev–Trinajstić information content (AvgIpc) is 2.72. The third-order valence-electron chi connectivity index (χ3n) is 4.88. The Balaban J connectivity index is 2.17. The molecule has 2 atom stereocenters. The summed E-state index contributed by atoms with van der Waals surface area (Å²) < 4.78 is 5.17. The lowest BCUT2D eigenvalue weighted by Crippen LogP contribution is -2.49. The van der Waals surface area contributed by atoms with Crippen LogP contribution in [0.4, 0.5) is 0 Å². The van der Waals surface area contributed by atoms with Crippen molar-refractivity contribution in [2.24, 2.45) is 0 Å². The standard InChI is InChI=1S/C23H30N2O3/c1-5-17(2)24-23(27)18(3)25(16-20-9-7-6-8-10-20)22(26)15-19-11-13-21(28-4)14-12-19/h6-14,17-18H,5,15-16H2,1-4H3,(H,24,27)/t17-,18+/m0/s1. The van der Waals surface area contributed by atoms with Crippen LogP contribution in [0.2, 0.25) is 0 Å². The highest BCUT2D eigenvalue weighted by Gasteiger charge is 2.26. The second-order valence-corrected chi connectivity index (χ2v) is 7.03. The summed E-state index contributed by atoms with van der Waals surface area (Å²) in [6.45, 7) is 6.16. The molecular weight excluding hydrogens is 352 g/mol. The molecule has 2 amide bonds. The largest absolute Gasteiger partial charge is 0.497 e. The van der Waals surface area contributed by atoms with Gasteiger partial charge in [-0.15, -0.1) is 0 Å². The van der Waals surface area contributed by atoms with Crippen molar-refractivity contribution in [2.45, 2.75) is 52.2 Å². The van der Waals surface area contributed by atoms with Crippen molar-refractivity contribution in [3.63, 3.8) is 0 Å². The van der Waals surface area contributed by atoms with E-state index in [-0.39, 0.29) is 24.3 Å². The van der Waals surface area contributed by atoms with Gasteiger partial charge in [0.05, 0.1) is 13.5 Å². The molecule has 0 heterocycles. The second-order valence-electron chi connectivity index (χ2n) is 7.03. The highest BCUT2D eigenvalue weighted by atomic mass is 16.5. The molecule has 0 bridgehead atoms. The quantitative estimate of drug-likeness (QED) is 0.721. The van der Waals surface area contributed by atoms with Crippen LogP contribution < -0.4 is 10.1 Å². The molecular formula is C23H30N2O3. The van der Waals surface area contributed by atoms with E-state index in [2.05, 4.69) is 5.32 Å². The van der Waals surface area contributed by atoms with Gasteiger partial charge in [-0.05, 0) is 43.5 Å². The number of nitrogens with zero attached hydrogens (tertiary/aromatic N) is 1. The average molecular weight is 383 g/mol. The van der Waals surface area contributed by atoms with E-state index >= 15 is 0 Å². The molecule has 5 nitrogen and oxygen atoms in total. The molecule has 2 aromatic carbocycles. The van der Waals surface area contributed by atoms with Gasteiger partial charge in [-0.25, -0.2) is 0 Å². The lowest BCUT2D eigenvalue weighted by atomic mass is 10.1. The number of nitrogens with one attached hydrogen (secondary N) is 1. The number of hydrogen-bond acceptors (Lipinski definition) is 3. The summed E-state index contributed by atoms with van der Waals surface area (Å²) >= 11 is 0. The number of carbonyl (C=O) groups excluding carboxylic acids is 2. The van der Waals surface area contributed by atoms with Gasteiger partial charge in [0.2, 0.25) is 11.8 Å². The zero-order chi connectivity index (χ0) is 20.5. The van der Waals surface area contributed by atoms with Crippen LogP contribution in [0.3, 0.4) is 0 Å². The maximum absolute atomic E-state index is 13.1. The summed E-state index contributed by atoms with van der Waals surface area (Å²) in [5, 5.41) is 2.98. The minimum absolute atomic E-state index is 0.0743. The third kappa shape index (κ3) is 6.12. The van der Waals surface area contributed by atoms with Crippen LogP contribution in [0.5, 0.6) is 5.75 Å². The minimum Gasteiger partial charge on any atom is -0.497 e. The van der Waals surface area contributed by atoms with Crippen LogP contribution in [0, 0.1) is 0 Å². The van der Waals surface area contributed by atoms with Crippen LogP contribution in [0.15, 0.2) is 54.6 Å². The zero-order valence-corrected chi connectivity index (χ0v) is 17.1. The molecule has 5 heteroatoms. The van der Waals surface area contributed by atoms with Gasteiger partial charge >= 0.3 is 0 Å². The lowest BCUT2D eigenvalue weighted by Gasteiger charge is -2.29. The summed E-state index contributed by atoms with van der Waals surface area (Å²) in [5.74, 6) is 0.535. The van der Waals surface area contributed by atoms with E-state index in [0.29, 0.717) is 6.54 Å². The molecule has 28 heavy (non-hydrogen) atoms. The summed E-state index contributed by atoms with van der Waals surface area (Å²) in [6, 6.07) is 16.7. The Morgan fingerprint density at radius 2 is 1.64 bits per heavy atom. The van der Waals surface area contributed by atoms with E-state index < -0.39 is 6.04 Å². The fourth-order valence-corrected chi connectivity index (χ4v) is 2.85. The number of hydrogen-bond donors (Lipinski definition) is 1. The van der Waals surface area contributed by atoms with Crippen molar-refractivity contribution in [2.75, 3.05) is 7.11 Å². The van der Waals surface area contributed by atoms with Crippen molar-refractivity contribution in [1.29, 1.82) is 0 Å². The Bertz CT molecular complexity index is 759. The topological polar surface area (TPSA) is 58.6 Å². The fourth-order valence-electron chi connectivity index (χ4n) is 2.85. The molecule has 2 rings (SSSR count). The Morgan fingerprint density at radius 3 is 2.21 bits per heavy atom. The predicted molar refractivity (Wildman–Crippen MR) is 111 cm³/mol. The maximum Gasteiger partial charge on any atom is 0.242 e. The highest BCUT2D eigenvalue weighted by Crippen LogP contribution is 2.15. The van der Waals surface area contributed by atoms with E-state index in [9.17, 15) is 9.59 Å². The van der Waals surface area contributed by atoms with Crippen LogP contribution in [0.1, 0.15) is 38.3 Å². The van der Waals surface area contributed by atoms with Gasteiger partial charge in [0.15, 0.2) is 0 Å². The van der Waals surface area contributed by atoms with Gasteiger partial charge in [0, 0.05) is 12.6 Å². The molecule has 0 spiro atoms. The number of carbonyl (C=O) groups is 2. The van der Waals surface area contributed by atoms with E-state index in [1.165, 1.54) is 0 Å². The fraction of sp³-hybridized carbons (Fsp3) is 0.391. The third-order valence-corrected chi connectivity index (χ3v) is 4.88. The molecule has 0 unspecified atom stereocenters. The number of amides is 2. The molecule has 0 aromatic heterocycles. The SMILES string of the molecule is CC[C@H](C)NC(=O)[C@@H](C)N(Cc1ccccc1)C(=O)Cc1ccc(OC)cc1. The molecule has 0 aliphatic heterocycles. The Kier molecular flexibility index (Phi) is 8.05. The molecule has 2 aromatic rings. The molecule has 0 aliphatic rings. The van der Waals surface area contributed by atoms with Crippen LogP contribution in [-0.4, -0.2) is 35.9 Å². The van der Waals surface area contributed by atoms with Gasteiger partial charge < -0.3 is 15.0 Å². The van der Waals surface area contributed by atoms with Crippen molar-refractivity contribution in [1.82, 2.24) is 10.2 Å². The Labute approximate surface area is 167 Å². The first kappa shape index (κ1) is 21.5. The predicted octanol–water partition coefficient (Wildman–Crippen LogP) is 3.57. The molecule has 0 saturated carbocycles. The first-order chi connectivity index (χ1) is 13.4. The van der Waals surface area contributed by atoms with Crippen molar-refractivity contribution in [3.8, 4) is 5.75 Å². The van der Waals surface area contributed by atoms with E-state index in [1.54, 1.807) is 18.9 Å². The Morgan fingerprint density at radius 1 is 1.00 bits per heavy atom. The number of benzene rings is 2. The summed E-state index contributed by atoms with van der Waals surface area (Å²) in [6.07, 6.45) is 1.08. The second kappa shape index (κ2) is 10.5. The normalized spacial score (nSPS) is 12.7. The van der Waals surface area contributed by atoms with E-state index in [1.807, 2.05) is 68.4 Å². The van der Waals surface area contributed by atoms with Gasteiger partial charge in [0.1, 0.15) is 11.8 Å². The number of ether oxygens (including phenoxy) is 1. The zero-order valence-electron chi connectivity index (χ0n) is 17.1. The van der Waals surface area contributed by atoms with Gasteiger partial charge in [-0.1, -0.05) is 49.4 Å². The first-order valence-corrected chi connectivity index (χ1v) is 9.71. The highest BCUT2D eigenvalue weighted by molar-refractivity contribution is 5.88. The number of rotatable bonds is 9. The molecule has 0 aliphatic carbocycles. The molecule has 0 fully saturated rings. The van der Waals surface area contributed by atoms with Crippen molar-refractivity contribution >= 4 is 11.8 Å². The van der Waals surface area contributed by atoms with E-state index in [4.69, 9.17) is 4.74 Å². The molecule has 150 valence electrons.